The number of rotatable bonds is 6. The van der Waals surface area contributed by atoms with Gasteiger partial charge < -0.3 is 14.7 Å². The first-order valence-corrected chi connectivity index (χ1v) is 8.37. The summed E-state index contributed by atoms with van der Waals surface area (Å²) >= 11 is 0. The third-order valence-electron chi connectivity index (χ3n) is 4.60. The maximum atomic E-state index is 14.5. The number of likely N-dealkylation sites (N-methyl/N-ethyl adjacent to an activating group) is 1. The Kier molecular flexibility index (Phi) is 5.04. The van der Waals surface area contributed by atoms with Crippen LogP contribution < -0.4 is 4.74 Å². The molecule has 0 heterocycles. The van der Waals surface area contributed by atoms with Gasteiger partial charge in [-0.2, -0.15) is 0 Å². The van der Waals surface area contributed by atoms with Crippen molar-refractivity contribution in [2.24, 2.45) is 5.92 Å². The zero-order valence-electron chi connectivity index (χ0n) is 14.4. The van der Waals surface area contributed by atoms with Gasteiger partial charge in [-0.1, -0.05) is 18.2 Å². The molecule has 5 heteroatoms. The molecule has 0 saturated heterocycles. The first-order chi connectivity index (χ1) is 12.0. The number of carbonyl (C=O) groups excluding carboxylic acids is 1. The van der Waals surface area contributed by atoms with E-state index in [0.717, 1.165) is 24.2 Å². The number of halogens is 1. The molecule has 4 nitrogen and oxygen atoms in total. The molecule has 1 amide bonds. The molecule has 132 valence electrons. The summed E-state index contributed by atoms with van der Waals surface area (Å²) in [5, 5.41) is 9.96. The molecule has 1 N–H and O–H groups in total. The topological polar surface area (TPSA) is 49.8 Å². The summed E-state index contributed by atoms with van der Waals surface area (Å²) in [6.45, 7) is 0.225. The van der Waals surface area contributed by atoms with Gasteiger partial charge in [-0.05, 0) is 54.2 Å². The molecule has 1 aliphatic carbocycles. The zero-order chi connectivity index (χ0) is 18.0. The number of benzene rings is 2. The van der Waals surface area contributed by atoms with Crippen LogP contribution in [0.15, 0.2) is 42.5 Å². The molecule has 1 saturated carbocycles. The second-order valence-electron chi connectivity index (χ2n) is 6.51. The van der Waals surface area contributed by atoms with E-state index in [0.29, 0.717) is 5.56 Å². The van der Waals surface area contributed by atoms with Crippen molar-refractivity contribution in [3.8, 4) is 16.9 Å². The molecule has 0 bridgehead atoms. The fourth-order valence-corrected chi connectivity index (χ4v) is 2.85. The van der Waals surface area contributed by atoms with E-state index in [1.54, 1.807) is 32.4 Å². The van der Waals surface area contributed by atoms with Gasteiger partial charge >= 0.3 is 0 Å². The summed E-state index contributed by atoms with van der Waals surface area (Å²) in [6, 6.07) is 11.9. The molecule has 0 radical (unpaired) electrons. The van der Waals surface area contributed by atoms with Gasteiger partial charge in [0.05, 0.1) is 18.8 Å². The first kappa shape index (κ1) is 17.4. The second kappa shape index (κ2) is 7.23. The van der Waals surface area contributed by atoms with E-state index < -0.39 is 17.8 Å². The van der Waals surface area contributed by atoms with Gasteiger partial charge in [-0.25, -0.2) is 4.39 Å². The van der Waals surface area contributed by atoms with Crippen molar-refractivity contribution in [1.29, 1.82) is 0 Å². The van der Waals surface area contributed by atoms with Crippen LogP contribution in [0.5, 0.6) is 5.75 Å². The van der Waals surface area contributed by atoms with Gasteiger partial charge in [-0.15, -0.1) is 0 Å². The Morgan fingerprint density at radius 2 is 1.88 bits per heavy atom. The maximum absolute atomic E-state index is 14.5. The third kappa shape index (κ3) is 3.99. The van der Waals surface area contributed by atoms with Crippen LogP contribution in [0, 0.1) is 11.7 Å². The average molecular weight is 343 g/mol. The van der Waals surface area contributed by atoms with Crippen molar-refractivity contribution >= 4 is 5.91 Å². The van der Waals surface area contributed by atoms with E-state index in [4.69, 9.17) is 4.74 Å². The van der Waals surface area contributed by atoms with Crippen LogP contribution in [-0.4, -0.2) is 42.7 Å². The first-order valence-electron chi connectivity index (χ1n) is 8.37. The Balaban J connectivity index is 1.75. The third-order valence-corrected chi connectivity index (χ3v) is 4.60. The lowest BCUT2D eigenvalue weighted by molar-refractivity contribution is 0.0641. The Bertz CT molecular complexity index is 756. The highest BCUT2D eigenvalue weighted by atomic mass is 19.1. The Morgan fingerprint density at radius 1 is 1.24 bits per heavy atom. The van der Waals surface area contributed by atoms with Crippen molar-refractivity contribution in [2.45, 2.75) is 18.9 Å². The van der Waals surface area contributed by atoms with Crippen LogP contribution in [0.1, 0.15) is 23.2 Å². The molecule has 3 rings (SSSR count). The number of hydrogen-bond acceptors (Lipinski definition) is 3. The Morgan fingerprint density at radius 3 is 2.44 bits per heavy atom. The van der Waals surface area contributed by atoms with E-state index in [2.05, 4.69) is 0 Å². The minimum Gasteiger partial charge on any atom is -0.497 e. The van der Waals surface area contributed by atoms with Crippen LogP contribution in [0.3, 0.4) is 0 Å². The summed E-state index contributed by atoms with van der Waals surface area (Å²) in [4.78, 5) is 13.8. The monoisotopic (exact) mass is 343 g/mol. The number of aliphatic hydroxyl groups excluding tert-OH is 1. The Labute approximate surface area is 146 Å². The largest absolute Gasteiger partial charge is 0.497 e. The lowest BCUT2D eigenvalue weighted by Crippen LogP contribution is -2.35. The summed E-state index contributed by atoms with van der Waals surface area (Å²) < 4.78 is 19.6. The van der Waals surface area contributed by atoms with E-state index in [1.165, 1.54) is 17.0 Å². The van der Waals surface area contributed by atoms with Gasteiger partial charge in [0.25, 0.3) is 5.91 Å². The molecular formula is C20H22FNO3. The number of carbonyl (C=O) groups is 1. The lowest BCUT2D eigenvalue weighted by atomic mass is 10.0. The highest BCUT2D eigenvalue weighted by Gasteiger charge is 2.31. The van der Waals surface area contributed by atoms with Crippen molar-refractivity contribution in [3.63, 3.8) is 0 Å². The highest BCUT2D eigenvalue weighted by molar-refractivity contribution is 5.95. The number of methoxy groups -OCH3 is 1. The molecule has 25 heavy (non-hydrogen) atoms. The molecular weight excluding hydrogens is 321 g/mol. The molecule has 2 aromatic rings. The SMILES string of the molecule is COc1ccc(-c2ccc(C(=O)N(C)CC(O)C3CC3)c(F)c2)cc1. The van der Waals surface area contributed by atoms with E-state index in [-0.39, 0.29) is 18.0 Å². The quantitative estimate of drug-likeness (QED) is 0.875. The minimum atomic E-state index is -0.564. The normalized spacial score (nSPS) is 14.9. The van der Waals surface area contributed by atoms with Crippen LogP contribution in [0.25, 0.3) is 11.1 Å². The average Bonchev–Trinajstić information content (AvgIpc) is 3.46. The molecule has 2 aromatic carbocycles. The fraction of sp³-hybridized carbons (Fsp3) is 0.350. The van der Waals surface area contributed by atoms with E-state index in [9.17, 15) is 14.3 Å². The highest BCUT2D eigenvalue weighted by Crippen LogP contribution is 2.33. The number of ether oxygens (including phenoxy) is 1. The molecule has 0 aliphatic heterocycles. The molecule has 1 fully saturated rings. The Hall–Kier alpha value is -2.40. The van der Waals surface area contributed by atoms with Crippen LogP contribution >= 0.6 is 0 Å². The predicted molar refractivity (Wildman–Crippen MR) is 94.1 cm³/mol. The summed E-state index contributed by atoms with van der Waals surface area (Å²) in [6.07, 6.45) is 1.46. The van der Waals surface area contributed by atoms with Gasteiger partial charge in [0.1, 0.15) is 11.6 Å². The maximum Gasteiger partial charge on any atom is 0.256 e. The molecule has 1 unspecified atom stereocenters. The van der Waals surface area contributed by atoms with Crippen molar-refractivity contribution in [2.75, 3.05) is 20.7 Å². The number of aliphatic hydroxyl groups is 1. The van der Waals surface area contributed by atoms with E-state index in [1.807, 2.05) is 12.1 Å². The van der Waals surface area contributed by atoms with Crippen LogP contribution in [0.2, 0.25) is 0 Å². The standard InChI is InChI=1S/C20H22FNO3/c1-22(12-19(23)14-3-4-14)20(24)17-10-7-15(11-18(17)21)13-5-8-16(25-2)9-6-13/h5-11,14,19,23H,3-4,12H2,1-2H3. The van der Waals surface area contributed by atoms with Crippen molar-refractivity contribution < 1.29 is 19.0 Å². The summed E-state index contributed by atoms with van der Waals surface area (Å²) in [5.41, 5.74) is 1.55. The van der Waals surface area contributed by atoms with E-state index >= 15 is 0 Å². The summed E-state index contributed by atoms with van der Waals surface area (Å²) in [5.74, 6) is 0.0222. The number of nitrogens with zero attached hydrogens (tertiary/aromatic N) is 1. The number of hydrogen-bond donors (Lipinski definition) is 1. The summed E-state index contributed by atoms with van der Waals surface area (Å²) in [7, 11) is 3.18. The van der Waals surface area contributed by atoms with Crippen molar-refractivity contribution in [3.05, 3.63) is 53.8 Å². The predicted octanol–water partition coefficient (Wildman–Crippen LogP) is 3.34. The van der Waals surface area contributed by atoms with Gasteiger partial charge in [-0.3, -0.25) is 4.79 Å². The fourth-order valence-electron chi connectivity index (χ4n) is 2.85. The second-order valence-corrected chi connectivity index (χ2v) is 6.51. The van der Waals surface area contributed by atoms with Crippen molar-refractivity contribution in [1.82, 2.24) is 4.90 Å². The minimum absolute atomic E-state index is 0.0164. The van der Waals surface area contributed by atoms with Crippen LogP contribution in [0.4, 0.5) is 4.39 Å². The van der Waals surface area contributed by atoms with Gasteiger partial charge in [0, 0.05) is 13.6 Å². The lowest BCUT2D eigenvalue weighted by Gasteiger charge is -2.21. The molecule has 0 spiro atoms. The molecule has 1 atom stereocenters. The molecule has 1 aliphatic rings. The zero-order valence-corrected chi connectivity index (χ0v) is 14.4. The smallest absolute Gasteiger partial charge is 0.256 e. The molecule has 0 aromatic heterocycles. The van der Waals surface area contributed by atoms with Crippen LogP contribution in [-0.2, 0) is 0 Å². The van der Waals surface area contributed by atoms with Gasteiger partial charge in [0.2, 0.25) is 0 Å². The number of amides is 1. The van der Waals surface area contributed by atoms with Gasteiger partial charge in [0.15, 0.2) is 0 Å².